The van der Waals surface area contributed by atoms with E-state index in [1.165, 1.54) is 6.20 Å². The molecule has 1 aliphatic rings. The van der Waals surface area contributed by atoms with Crippen molar-refractivity contribution in [2.24, 2.45) is 0 Å². The minimum atomic E-state index is 0.0862. The Bertz CT molecular complexity index is 676. The third-order valence-electron chi connectivity index (χ3n) is 3.42. The van der Waals surface area contributed by atoms with Crippen molar-refractivity contribution in [3.8, 4) is 6.07 Å². The van der Waals surface area contributed by atoms with Gasteiger partial charge in [0.15, 0.2) is 11.5 Å². The summed E-state index contributed by atoms with van der Waals surface area (Å²) in [5.74, 6) is 1.31. The first-order valence-electron chi connectivity index (χ1n) is 6.58. The van der Waals surface area contributed by atoms with Gasteiger partial charge in [-0.15, -0.1) is 0 Å². The van der Waals surface area contributed by atoms with Crippen LogP contribution in [0.1, 0.15) is 41.7 Å². The highest BCUT2D eigenvalue weighted by atomic mass is 15.0. The topological polar surface area (TPSA) is 87.4 Å². The van der Waals surface area contributed by atoms with Crippen LogP contribution in [-0.4, -0.2) is 19.9 Å². The summed E-state index contributed by atoms with van der Waals surface area (Å²) in [5, 5.41) is 12.4. The number of hydrogen-bond donors (Lipinski definition) is 1. The number of hydrogen-bond acceptors (Lipinski definition) is 6. The fraction of sp³-hybridized carbons (Fsp3) is 0.357. The Kier molecular flexibility index (Phi) is 3.25. The molecule has 0 spiro atoms. The average molecular weight is 266 g/mol. The largest absolute Gasteiger partial charge is 0.361 e. The van der Waals surface area contributed by atoms with Gasteiger partial charge in [-0.1, -0.05) is 0 Å². The lowest BCUT2D eigenvalue weighted by molar-refractivity contribution is 0.580. The fourth-order valence-corrected chi connectivity index (χ4v) is 2.49. The van der Waals surface area contributed by atoms with Crippen LogP contribution in [0.25, 0.3) is 0 Å². The first kappa shape index (κ1) is 12.5. The summed E-state index contributed by atoms with van der Waals surface area (Å²) >= 11 is 0. The monoisotopic (exact) mass is 266 g/mol. The highest BCUT2D eigenvalue weighted by Crippen LogP contribution is 2.31. The summed E-state index contributed by atoms with van der Waals surface area (Å²) in [6.45, 7) is 1.90. The Morgan fingerprint density at radius 1 is 1.30 bits per heavy atom. The summed E-state index contributed by atoms with van der Waals surface area (Å²) in [6, 6.07) is 2.14. The first-order valence-corrected chi connectivity index (χ1v) is 6.58. The molecule has 6 heteroatoms. The van der Waals surface area contributed by atoms with Gasteiger partial charge in [0.25, 0.3) is 0 Å². The molecule has 1 N–H and O–H groups in total. The molecule has 0 saturated heterocycles. The Morgan fingerprint density at radius 3 is 3.00 bits per heavy atom. The summed E-state index contributed by atoms with van der Waals surface area (Å²) in [6.07, 6.45) is 7.98. The van der Waals surface area contributed by atoms with E-state index in [2.05, 4.69) is 31.3 Å². The van der Waals surface area contributed by atoms with Crippen molar-refractivity contribution < 1.29 is 0 Å². The van der Waals surface area contributed by atoms with Crippen LogP contribution in [0, 0.1) is 18.3 Å². The van der Waals surface area contributed by atoms with Crippen molar-refractivity contribution in [3.63, 3.8) is 0 Å². The molecule has 1 atom stereocenters. The molecular weight excluding hydrogens is 252 g/mol. The van der Waals surface area contributed by atoms with Gasteiger partial charge < -0.3 is 5.32 Å². The molecule has 20 heavy (non-hydrogen) atoms. The maximum absolute atomic E-state index is 9.06. The number of nitrogens with one attached hydrogen (secondary N) is 1. The van der Waals surface area contributed by atoms with Crippen molar-refractivity contribution >= 4 is 5.82 Å². The van der Waals surface area contributed by atoms with Gasteiger partial charge in [0, 0.05) is 29.8 Å². The number of aromatic nitrogens is 4. The van der Waals surface area contributed by atoms with Crippen molar-refractivity contribution in [1.82, 2.24) is 19.9 Å². The zero-order valence-corrected chi connectivity index (χ0v) is 11.2. The highest BCUT2D eigenvalue weighted by Gasteiger charge is 2.23. The molecule has 0 saturated carbocycles. The molecule has 0 aliphatic heterocycles. The van der Waals surface area contributed by atoms with E-state index in [-0.39, 0.29) is 6.04 Å². The van der Waals surface area contributed by atoms with Gasteiger partial charge in [-0.25, -0.2) is 19.9 Å². The molecule has 2 heterocycles. The van der Waals surface area contributed by atoms with Gasteiger partial charge in [0.05, 0.1) is 6.04 Å². The van der Waals surface area contributed by atoms with Gasteiger partial charge in [-0.2, -0.15) is 5.26 Å². The molecule has 0 unspecified atom stereocenters. The zero-order valence-electron chi connectivity index (χ0n) is 11.2. The molecule has 0 amide bonds. The van der Waals surface area contributed by atoms with E-state index in [0.29, 0.717) is 11.5 Å². The lowest BCUT2D eigenvalue weighted by Crippen LogP contribution is -2.20. The van der Waals surface area contributed by atoms with Crippen molar-refractivity contribution in [1.29, 1.82) is 5.26 Å². The fourth-order valence-electron chi connectivity index (χ4n) is 2.49. The molecule has 6 nitrogen and oxygen atoms in total. The lowest BCUT2D eigenvalue weighted by Gasteiger charge is -2.25. The number of nitriles is 1. The van der Waals surface area contributed by atoms with Crippen LogP contribution >= 0.6 is 0 Å². The van der Waals surface area contributed by atoms with Crippen LogP contribution in [0.4, 0.5) is 5.82 Å². The normalized spacial score (nSPS) is 17.1. The molecule has 0 aromatic carbocycles. The highest BCUT2D eigenvalue weighted by molar-refractivity contribution is 5.49. The Hall–Kier alpha value is -2.55. The Labute approximate surface area is 116 Å². The number of aryl methyl sites for hydroxylation is 2. The summed E-state index contributed by atoms with van der Waals surface area (Å²) in [5.41, 5.74) is 2.49. The van der Waals surface area contributed by atoms with E-state index >= 15 is 0 Å². The maximum Gasteiger partial charge on any atom is 0.182 e. The summed E-state index contributed by atoms with van der Waals surface area (Å²) in [7, 11) is 0. The van der Waals surface area contributed by atoms with Gasteiger partial charge in [0.2, 0.25) is 0 Å². The van der Waals surface area contributed by atoms with E-state index in [0.717, 1.165) is 36.3 Å². The third-order valence-corrected chi connectivity index (χ3v) is 3.42. The zero-order chi connectivity index (χ0) is 13.9. The molecule has 3 rings (SSSR count). The number of anilines is 1. The van der Waals surface area contributed by atoms with Crippen LogP contribution in [0.2, 0.25) is 0 Å². The smallest absolute Gasteiger partial charge is 0.182 e. The van der Waals surface area contributed by atoms with Gasteiger partial charge >= 0.3 is 0 Å². The molecule has 0 radical (unpaired) electrons. The minimum absolute atomic E-state index is 0.0862. The van der Waals surface area contributed by atoms with E-state index in [9.17, 15) is 0 Å². The van der Waals surface area contributed by atoms with E-state index in [1.807, 2.05) is 13.1 Å². The molecule has 0 fully saturated rings. The molecular formula is C14H14N6. The number of nitrogens with zero attached hydrogens (tertiary/aromatic N) is 5. The van der Waals surface area contributed by atoms with Crippen LogP contribution in [0.5, 0.6) is 0 Å². The SMILES string of the molecule is Cc1ncc2c(n1)CCC[C@H]2Nc1nccnc1C#N. The van der Waals surface area contributed by atoms with E-state index in [4.69, 9.17) is 5.26 Å². The Balaban J connectivity index is 1.92. The lowest BCUT2D eigenvalue weighted by atomic mass is 9.92. The van der Waals surface area contributed by atoms with Crippen LogP contribution in [-0.2, 0) is 6.42 Å². The summed E-state index contributed by atoms with van der Waals surface area (Å²) in [4.78, 5) is 17.0. The number of fused-ring (bicyclic) bond motifs is 1. The standard InChI is InChI=1S/C14H14N6/c1-9-18-8-10-11(19-9)3-2-4-12(10)20-14-13(7-15)16-5-6-17-14/h5-6,8,12H,2-4H2,1H3,(H,17,20)/t12-/m1/s1. The molecule has 0 bridgehead atoms. The van der Waals surface area contributed by atoms with Gasteiger partial charge in [-0.05, 0) is 26.2 Å². The molecule has 100 valence electrons. The first-order chi connectivity index (χ1) is 9.78. The van der Waals surface area contributed by atoms with Crippen LogP contribution in [0.3, 0.4) is 0 Å². The van der Waals surface area contributed by atoms with Crippen LogP contribution < -0.4 is 5.32 Å². The average Bonchev–Trinajstić information content (AvgIpc) is 2.47. The van der Waals surface area contributed by atoms with Crippen molar-refractivity contribution in [2.75, 3.05) is 5.32 Å². The second-order valence-corrected chi connectivity index (χ2v) is 4.77. The third kappa shape index (κ3) is 2.30. The molecule has 1 aliphatic carbocycles. The summed E-state index contributed by atoms with van der Waals surface area (Å²) < 4.78 is 0. The minimum Gasteiger partial charge on any atom is -0.361 e. The van der Waals surface area contributed by atoms with Gasteiger partial charge in [0.1, 0.15) is 11.9 Å². The molecule has 2 aromatic rings. The van der Waals surface area contributed by atoms with E-state index in [1.54, 1.807) is 6.20 Å². The predicted molar refractivity (Wildman–Crippen MR) is 72.8 cm³/mol. The molecule has 2 aromatic heterocycles. The second kappa shape index (κ2) is 5.21. The van der Waals surface area contributed by atoms with Gasteiger partial charge in [-0.3, -0.25) is 0 Å². The second-order valence-electron chi connectivity index (χ2n) is 4.77. The number of rotatable bonds is 2. The van der Waals surface area contributed by atoms with E-state index < -0.39 is 0 Å². The maximum atomic E-state index is 9.06. The van der Waals surface area contributed by atoms with Crippen LogP contribution in [0.15, 0.2) is 18.6 Å². The predicted octanol–water partition coefficient (Wildman–Crippen LogP) is 1.94. The van der Waals surface area contributed by atoms with Crippen molar-refractivity contribution in [3.05, 3.63) is 41.4 Å². The van der Waals surface area contributed by atoms with Crippen molar-refractivity contribution in [2.45, 2.75) is 32.2 Å². The quantitative estimate of drug-likeness (QED) is 0.893. The Morgan fingerprint density at radius 2 is 2.15 bits per heavy atom.